The van der Waals surface area contributed by atoms with Gasteiger partial charge in [0, 0.05) is 16.5 Å². The predicted molar refractivity (Wildman–Crippen MR) is 65.6 cm³/mol. The van der Waals surface area contributed by atoms with Crippen molar-refractivity contribution < 1.29 is 9.84 Å². The van der Waals surface area contributed by atoms with E-state index in [2.05, 4.69) is 22.0 Å². The SMILES string of the molecule is COc1c(CC(C)O)cc(C)c(Br)c1C. The Balaban J connectivity index is 3.25. The third kappa shape index (κ3) is 2.73. The van der Waals surface area contributed by atoms with E-state index in [-0.39, 0.29) is 6.10 Å². The summed E-state index contributed by atoms with van der Waals surface area (Å²) in [6.45, 7) is 5.84. The standard InChI is InChI=1S/C12H17BrO2/c1-7-5-10(6-8(2)14)12(15-4)9(3)11(7)13/h5,8,14H,6H2,1-4H3. The summed E-state index contributed by atoms with van der Waals surface area (Å²) in [5.41, 5.74) is 3.32. The van der Waals surface area contributed by atoms with Crippen LogP contribution in [0.15, 0.2) is 10.5 Å². The maximum Gasteiger partial charge on any atom is 0.126 e. The van der Waals surface area contributed by atoms with Gasteiger partial charge in [-0.25, -0.2) is 0 Å². The monoisotopic (exact) mass is 272 g/mol. The molecule has 1 aromatic rings. The van der Waals surface area contributed by atoms with E-state index in [0.29, 0.717) is 6.42 Å². The average molecular weight is 273 g/mol. The molecule has 1 N–H and O–H groups in total. The van der Waals surface area contributed by atoms with E-state index in [1.54, 1.807) is 14.0 Å². The summed E-state index contributed by atoms with van der Waals surface area (Å²) in [5.74, 6) is 0.869. The molecule has 0 aliphatic heterocycles. The first-order chi connectivity index (χ1) is 6.97. The molecule has 0 aliphatic rings. The van der Waals surface area contributed by atoms with Crippen LogP contribution in [0.1, 0.15) is 23.6 Å². The van der Waals surface area contributed by atoms with Crippen molar-refractivity contribution in [3.05, 3.63) is 27.2 Å². The summed E-state index contributed by atoms with van der Waals surface area (Å²) in [4.78, 5) is 0. The van der Waals surface area contributed by atoms with Crippen LogP contribution in [0.4, 0.5) is 0 Å². The number of hydrogen-bond donors (Lipinski definition) is 1. The highest BCUT2D eigenvalue weighted by Gasteiger charge is 2.13. The van der Waals surface area contributed by atoms with Crippen molar-refractivity contribution in [2.45, 2.75) is 33.3 Å². The fraction of sp³-hybridized carbons (Fsp3) is 0.500. The number of methoxy groups -OCH3 is 1. The van der Waals surface area contributed by atoms with Crippen LogP contribution in [0.25, 0.3) is 0 Å². The van der Waals surface area contributed by atoms with E-state index in [0.717, 1.165) is 21.3 Å². The minimum atomic E-state index is -0.348. The van der Waals surface area contributed by atoms with Crippen LogP contribution in [-0.2, 0) is 6.42 Å². The zero-order chi connectivity index (χ0) is 11.6. The zero-order valence-corrected chi connectivity index (χ0v) is 11.2. The minimum absolute atomic E-state index is 0.348. The summed E-state index contributed by atoms with van der Waals surface area (Å²) in [5, 5.41) is 9.41. The normalized spacial score (nSPS) is 12.7. The Kier molecular flexibility index (Phi) is 4.17. The molecule has 84 valence electrons. The van der Waals surface area contributed by atoms with E-state index in [9.17, 15) is 5.11 Å². The van der Waals surface area contributed by atoms with Gasteiger partial charge in [-0.15, -0.1) is 0 Å². The second-order valence-corrected chi connectivity index (χ2v) is 4.67. The smallest absolute Gasteiger partial charge is 0.126 e. The van der Waals surface area contributed by atoms with Crippen molar-refractivity contribution in [2.75, 3.05) is 7.11 Å². The fourth-order valence-corrected chi connectivity index (χ4v) is 2.08. The van der Waals surface area contributed by atoms with Gasteiger partial charge >= 0.3 is 0 Å². The molecule has 0 radical (unpaired) electrons. The Morgan fingerprint density at radius 2 is 2.07 bits per heavy atom. The number of aliphatic hydroxyl groups is 1. The molecule has 3 heteroatoms. The number of hydrogen-bond acceptors (Lipinski definition) is 2. The van der Waals surface area contributed by atoms with Gasteiger partial charge in [-0.05, 0) is 31.9 Å². The van der Waals surface area contributed by atoms with Crippen LogP contribution in [0.2, 0.25) is 0 Å². The predicted octanol–water partition coefficient (Wildman–Crippen LogP) is 3.00. The highest BCUT2D eigenvalue weighted by Crippen LogP contribution is 2.33. The summed E-state index contributed by atoms with van der Waals surface area (Å²) < 4.78 is 6.45. The molecule has 0 spiro atoms. The lowest BCUT2D eigenvalue weighted by atomic mass is 10.0. The molecule has 1 unspecified atom stereocenters. The van der Waals surface area contributed by atoms with Crippen LogP contribution in [0.3, 0.4) is 0 Å². The molecule has 2 nitrogen and oxygen atoms in total. The van der Waals surface area contributed by atoms with E-state index in [1.165, 1.54) is 5.56 Å². The molecule has 0 saturated heterocycles. The lowest BCUT2D eigenvalue weighted by molar-refractivity contribution is 0.194. The summed E-state index contributed by atoms with van der Waals surface area (Å²) in [7, 11) is 1.66. The molecular formula is C12H17BrO2. The third-order valence-corrected chi connectivity index (χ3v) is 3.64. The van der Waals surface area contributed by atoms with E-state index >= 15 is 0 Å². The van der Waals surface area contributed by atoms with Crippen molar-refractivity contribution in [1.82, 2.24) is 0 Å². The van der Waals surface area contributed by atoms with E-state index in [1.807, 2.05) is 13.8 Å². The van der Waals surface area contributed by atoms with Crippen LogP contribution < -0.4 is 4.74 Å². The first-order valence-electron chi connectivity index (χ1n) is 4.98. The quantitative estimate of drug-likeness (QED) is 0.917. The number of halogens is 1. The van der Waals surface area contributed by atoms with Crippen molar-refractivity contribution in [2.24, 2.45) is 0 Å². The van der Waals surface area contributed by atoms with Gasteiger partial charge in [-0.3, -0.25) is 0 Å². The highest BCUT2D eigenvalue weighted by molar-refractivity contribution is 9.10. The molecule has 0 aromatic heterocycles. The number of ether oxygens (including phenoxy) is 1. The summed E-state index contributed by atoms with van der Waals surface area (Å²) in [6, 6.07) is 2.06. The largest absolute Gasteiger partial charge is 0.496 e. The maximum absolute atomic E-state index is 9.41. The number of aryl methyl sites for hydroxylation is 1. The molecular weight excluding hydrogens is 256 g/mol. The molecule has 1 atom stereocenters. The van der Waals surface area contributed by atoms with Crippen molar-refractivity contribution in [3.63, 3.8) is 0 Å². The highest BCUT2D eigenvalue weighted by atomic mass is 79.9. The number of benzene rings is 1. The van der Waals surface area contributed by atoms with Gasteiger partial charge in [0.15, 0.2) is 0 Å². The molecule has 1 aromatic carbocycles. The van der Waals surface area contributed by atoms with E-state index in [4.69, 9.17) is 4.74 Å². The third-order valence-electron chi connectivity index (χ3n) is 2.42. The van der Waals surface area contributed by atoms with Gasteiger partial charge in [0.25, 0.3) is 0 Å². The van der Waals surface area contributed by atoms with Gasteiger partial charge < -0.3 is 9.84 Å². The van der Waals surface area contributed by atoms with Crippen LogP contribution in [-0.4, -0.2) is 18.3 Å². The van der Waals surface area contributed by atoms with Crippen LogP contribution in [0.5, 0.6) is 5.75 Å². The van der Waals surface area contributed by atoms with Gasteiger partial charge in [0.05, 0.1) is 13.2 Å². The lowest BCUT2D eigenvalue weighted by Crippen LogP contribution is -2.07. The minimum Gasteiger partial charge on any atom is -0.496 e. The number of rotatable bonds is 3. The zero-order valence-electron chi connectivity index (χ0n) is 9.60. The Labute approximate surface area is 99.4 Å². The second-order valence-electron chi connectivity index (χ2n) is 3.88. The Morgan fingerprint density at radius 3 is 2.53 bits per heavy atom. The van der Waals surface area contributed by atoms with Crippen LogP contribution in [0, 0.1) is 13.8 Å². The molecule has 0 bridgehead atoms. The van der Waals surface area contributed by atoms with Gasteiger partial charge in [0.1, 0.15) is 5.75 Å². The summed E-state index contributed by atoms with van der Waals surface area (Å²) in [6.07, 6.45) is 0.275. The van der Waals surface area contributed by atoms with Gasteiger partial charge in [0.2, 0.25) is 0 Å². The van der Waals surface area contributed by atoms with Crippen molar-refractivity contribution in [1.29, 1.82) is 0 Å². The van der Waals surface area contributed by atoms with Crippen molar-refractivity contribution in [3.8, 4) is 5.75 Å². The first kappa shape index (κ1) is 12.5. The Morgan fingerprint density at radius 1 is 1.47 bits per heavy atom. The fourth-order valence-electron chi connectivity index (χ4n) is 1.78. The molecule has 0 heterocycles. The van der Waals surface area contributed by atoms with Crippen LogP contribution >= 0.6 is 15.9 Å². The van der Waals surface area contributed by atoms with E-state index < -0.39 is 0 Å². The number of aliphatic hydroxyl groups excluding tert-OH is 1. The summed E-state index contributed by atoms with van der Waals surface area (Å²) >= 11 is 3.53. The molecule has 0 saturated carbocycles. The molecule has 1 rings (SSSR count). The van der Waals surface area contributed by atoms with Crippen molar-refractivity contribution >= 4 is 15.9 Å². The molecule has 0 amide bonds. The second kappa shape index (κ2) is 4.99. The maximum atomic E-state index is 9.41. The molecule has 0 fully saturated rings. The first-order valence-corrected chi connectivity index (χ1v) is 5.77. The van der Waals surface area contributed by atoms with Gasteiger partial charge in [-0.1, -0.05) is 22.0 Å². The molecule has 15 heavy (non-hydrogen) atoms. The average Bonchev–Trinajstić information content (AvgIpc) is 2.14. The lowest BCUT2D eigenvalue weighted by Gasteiger charge is -2.16. The molecule has 0 aliphatic carbocycles. The topological polar surface area (TPSA) is 29.5 Å². The Bertz CT molecular complexity index is 359. The van der Waals surface area contributed by atoms with Gasteiger partial charge in [-0.2, -0.15) is 0 Å². The Hall–Kier alpha value is -0.540.